The fraction of sp³-hybridized carbons (Fsp3) is 0.240. The normalized spacial score (nSPS) is 12.7. The van der Waals surface area contributed by atoms with Crippen LogP contribution in [0, 0.1) is 6.92 Å². The largest absolute Gasteiger partial charge is 0.497 e. The molecule has 29 heavy (non-hydrogen) atoms. The first kappa shape index (κ1) is 20.5. The molecule has 4 nitrogen and oxygen atoms in total. The lowest BCUT2D eigenvalue weighted by molar-refractivity contribution is -0.128. The Morgan fingerprint density at radius 2 is 1.62 bits per heavy atom. The fourth-order valence-corrected chi connectivity index (χ4v) is 3.29. The maximum absolute atomic E-state index is 13.1. The van der Waals surface area contributed by atoms with E-state index in [1.54, 1.807) is 13.2 Å². The van der Waals surface area contributed by atoms with Gasteiger partial charge in [0.25, 0.3) is 5.91 Å². The molecule has 0 bridgehead atoms. The van der Waals surface area contributed by atoms with Crippen LogP contribution < -0.4 is 14.8 Å². The molecule has 0 fully saturated rings. The summed E-state index contributed by atoms with van der Waals surface area (Å²) in [5, 5.41) is 3.20. The zero-order chi connectivity index (χ0) is 20.6. The highest BCUT2D eigenvalue weighted by molar-refractivity contribution is 5.82. The van der Waals surface area contributed by atoms with Crippen LogP contribution in [0.15, 0.2) is 78.9 Å². The van der Waals surface area contributed by atoms with Gasteiger partial charge in [-0.3, -0.25) is 4.79 Å². The molecule has 2 atom stereocenters. The number of hydrogen-bond acceptors (Lipinski definition) is 3. The van der Waals surface area contributed by atoms with Crippen molar-refractivity contribution in [3.8, 4) is 11.5 Å². The number of nitrogens with one attached hydrogen (secondary N) is 1. The summed E-state index contributed by atoms with van der Waals surface area (Å²) >= 11 is 0. The number of amides is 1. The Morgan fingerprint density at radius 3 is 2.31 bits per heavy atom. The van der Waals surface area contributed by atoms with Crippen LogP contribution in [-0.2, 0) is 4.79 Å². The number of aryl methyl sites for hydroxylation is 1. The van der Waals surface area contributed by atoms with Gasteiger partial charge in [-0.2, -0.15) is 0 Å². The second-order valence-electron chi connectivity index (χ2n) is 6.90. The monoisotopic (exact) mass is 389 g/mol. The number of benzene rings is 3. The van der Waals surface area contributed by atoms with Crippen LogP contribution in [0.3, 0.4) is 0 Å². The van der Waals surface area contributed by atoms with E-state index in [1.165, 1.54) is 0 Å². The molecule has 1 N–H and O–H groups in total. The molecule has 0 saturated carbocycles. The number of carbonyl (C=O) groups is 1. The van der Waals surface area contributed by atoms with Crippen LogP contribution in [0.1, 0.15) is 36.1 Å². The summed E-state index contributed by atoms with van der Waals surface area (Å²) in [6, 6.07) is 25.2. The van der Waals surface area contributed by atoms with Gasteiger partial charge in [-0.1, -0.05) is 67.6 Å². The predicted octanol–water partition coefficient (Wildman–Crippen LogP) is 5.07. The van der Waals surface area contributed by atoms with Crippen molar-refractivity contribution in [1.29, 1.82) is 0 Å². The Morgan fingerprint density at radius 1 is 0.931 bits per heavy atom. The van der Waals surface area contributed by atoms with E-state index >= 15 is 0 Å². The van der Waals surface area contributed by atoms with Crippen LogP contribution in [0.5, 0.6) is 11.5 Å². The molecule has 3 aromatic rings. The molecule has 4 heteroatoms. The Balaban J connectivity index is 1.84. The smallest absolute Gasteiger partial charge is 0.261 e. The molecule has 0 aliphatic carbocycles. The van der Waals surface area contributed by atoms with Crippen LogP contribution >= 0.6 is 0 Å². The molecular weight excluding hydrogens is 362 g/mol. The van der Waals surface area contributed by atoms with Gasteiger partial charge in [0.1, 0.15) is 11.5 Å². The Labute approximate surface area is 172 Å². The topological polar surface area (TPSA) is 47.6 Å². The highest BCUT2D eigenvalue weighted by Crippen LogP contribution is 2.26. The van der Waals surface area contributed by atoms with Crippen LogP contribution in [0.2, 0.25) is 0 Å². The van der Waals surface area contributed by atoms with Crippen LogP contribution in [0.25, 0.3) is 0 Å². The third kappa shape index (κ3) is 5.17. The average molecular weight is 389 g/mol. The van der Waals surface area contributed by atoms with Gasteiger partial charge < -0.3 is 14.8 Å². The molecule has 0 aliphatic rings. The zero-order valence-electron chi connectivity index (χ0n) is 17.1. The lowest BCUT2D eigenvalue weighted by atomic mass is 9.94. The first-order chi connectivity index (χ1) is 14.1. The molecule has 0 saturated heterocycles. The van der Waals surface area contributed by atoms with Gasteiger partial charge in [-0.05, 0) is 42.2 Å². The van der Waals surface area contributed by atoms with E-state index in [1.807, 2.05) is 67.6 Å². The van der Waals surface area contributed by atoms with Gasteiger partial charge >= 0.3 is 0 Å². The molecule has 0 radical (unpaired) electrons. The van der Waals surface area contributed by atoms with Crippen molar-refractivity contribution >= 4 is 5.91 Å². The maximum atomic E-state index is 13.1. The van der Waals surface area contributed by atoms with E-state index in [9.17, 15) is 4.79 Å². The molecule has 1 amide bonds. The standard InChI is InChI=1S/C25H27NO3/c1-4-23(29-21-15-10-14-20(17-21)28-3)25(27)26-24(19-12-6-5-7-13-19)22-16-9-8-11-18(22)2/h5-17,23-24H,4H2,1-3H3,(H,26,27)/t23-,24-/m0/s1. The summed E-state index contributed by atoms with van der Waals surface area (Å²) < 4.78 is 11.2. The van der Waals surface area contributed by atoms with Gasteiger partial charge in [0.15, 0.2) is 6.10 Å². The number of carbonyl (C=O) groups excluding carboxylic acids is 1. The van der Waals surface area contributed by atoms with E-state index in [0.29, 0.717) is 17.9 Å². The van der Waals surface area contributed by atoms with Crippen LogP contribution in [-0.4, -0.2) is 19.1 Å². The van der Waals surface area contributed by atoms with Crippen LogP contribution in [0.4, 0.5) is 0 Å². The quantitative estimate of drug-likeness (QED) is 0.585. The highest BCUT2D eigenvalue weighted by Gasteiger charge is 2.24. The molecule has 3 aromatic carbocycles. The fourth-order valence-electron chi connectivity index (χ4n) is 3.29. The predicted molar refractivity (Wildman–Crippen MR) is 115 cm³/mol. The second-order valence-corrected chi connectivity index (χ2v) is 6.90. The van der Waals surface area contributed by atoms with E-state index in [2.05, 4.69) is 24.4 Å². The van der Waals surface area contributed by atoms with Gasteiger partial charge in [-0.25, -0.2) is 0 Å². The lowest BCUT2D eigenvalue weighted by Gasteiger charge is -2.25. The van der Waals surface area contributed by atoms with Gasteiger partial charge in [0, 0.05) is 6.07 Å². The van der Waals surface area contributed by atoms with Gasteiger partial charge in [-0.15, -0.1) is 0 Å². The van der Waals surface area contributed by atoms with Crippen molar-refractivity contribution < 1.29 is 14.3 Å². The van der Waals surface area contributed by atoms with Crippen molar-refractivity contribution in [3.05, 3.63) is 95.6 Å². The van der Waals surface area contributed by atoms with E-state index in [0.717, 1.165) is 16.7 Å². The van der Waals surface area contributed by atoms with E-state index in [-0.39, 0.29) is 11.9 Å². The first-order valence-electron chi connectivity index (χ1n) is 9.84. The van der Waals surface area contributed by atoms with E-state index < -0.39 is 6.10 Å². The summed E-state index contributed by atoms with van der Waals surface area (Å²) in [6.45, 7) is 4.00. The third-order valence-electron chi connectivity index (χ3n) is 4.90. The Hall–Kier alpha value is -3.27. The number of methoxy groups -OCH3 is 1. The van der Waals surface area contributed by atoms with Gasteiger partial charge in [0.05, 0.1) is 13.2 Å². The number of hydrogen-bond donors (Lipinski definition) is 1. The van der Waals surface area contributed by atoms with Crippen molar-refractivity contribution in [1.82, 2.24) is 5.32 Å². The molecule has 0 heterocycles. The number of ether oxygens (including phenoxy) is 2. The zero-order valence-corrected chi connectivity index (χ0v) is 17.1. The minimum Gasteiger partial charge on any atom is -0.497 e. The maximum Gasteiger partial charge on any atom is 0.261 e. The lowest BCUT2D eigenvalue weighted by Crippen LogP contribution is -2.40. The SMILES string of the molecule is CC[C@H](Oc1cccc(OC)c1)C(=O)N[C@@H](c1ccccc1)c1ccccc1C. The molecule has 0 aliphatic heterocycles. The van der Waals surface area contributed by atoms with Gasteiger partial charge in [0.2, 0.25) is 0 Å². The van der Waals surface area contributed by atoms with Crippen molar-refractivity contribution in [2.75, 3.05) is 7.11 Å². The average Bonchev–Trinajstić information content (AvgIpc) is 2.77. The summed E-state index contributed by atoms with van der Waals surface area (Å²) in [4.78, 5) is 13.1. The molecule has 0 aromatic heterocycles. The summed E-state index contributed by atoms with van der Waals surface area (Å²) in [6.07, 6.45) is -0.0458. The minimum absolute atomic E-state index is 0.146. The molecule has 0 unspecified atom stereocenters. The third-order valence-corrected chi connectivity index (χ3v) is 4.90. The van der Waals surface area contributed by atoms with E-state index in [4.69, 9.17) is 9.47 Å². The number of rotatable bonds is 8. The molecule has 3 rings (SSSR count). The Bertz CT molecular complexity index is 940. The highest BCUT2D eigenvalue weighted by atomic mass is 16.5. The Kier molecular flexibility index (Phi) is 6.90. The minimum atomic E-state index is -0.600. The van der Waals surface area contributed by atoms with Crippen molar-refractivity contribution in [2.45, 2.75) is 32.4 Å². The van der Waals surface area contributed by atoms with Crippen molar-refractivity contribution in [3.63, 3.8) is 0 Å². The molecule has 0 spiro atoms. The second kappa shape index (κ2) is 9.78. The first-order valence-corrected chi connectivity index (χ1v) is 9.84. The summed E-state index contributed by atoms with van der Waals surface area (Å²) in [7, 11) is 1.61. The van der Waals surface area contributed by atoms with Crippen molar-refractivity contribution in [2.24, 2.45) is 0 Å². The summed E-state index contributed by atoms with van der Waals surface area (Å²) in [5.74, 6) is 1.16. The molecular formula is C25H27NO3. The molecule has 150 valence electrons. The summed E-state index contributed by atoms with van der Waals surface area (Å²) in [5.41, 5.74) is 3.23.